The topological polar surface area (TPSA) is 40.7 Å². The number of nitrogens with one attached hydrogen (secondary N) is 2. The highest BCUT2D eigenvalue weighted by Gasteiger charge is 2.12. The highest BCUT2D eigenvalue weighted by Crippen LogP contribution is 2.33. The maximum Gasteiger partial charge on any atom is 0.126 e. The van der Waals surface area contributed by atoms with Gasteiger partial charge in [0.25, 0.3) is 0 Å². The van der Waals surface area contributed by atoms with Crippen LogP contribution in [-0.2, 0) is 6.54 Å². The van der Waals surface area contributed by atoms with E-state index >= 15 is 0 Å². The number of benzene rings is 1. The van der Waals surface area contributed by atoms with Gasteiger partial charge in [0.2, 0.25) is 0 Å². The monoisotopic (exact) mass is 257 g/mol. The van der Waals surface area contributed by atoms with Crippen LogP contribution in [0.15, 0.2) is 30.5 Å². The van der Waals surface area contributed by atoms with Gasteiger partial charge in [-0.1, -0.05) is 18.2 Å². The van der Waals surface area contributed by atoms with Crippen LogP contribution >= 0.6 is 11.3 Å². The van der Waals surface area contributed by atoms with E-state index in [0.29, 0.717) is 0 Å². The average Bonchev–Trinajstić information content (AvgIpc) is 2.94. The van der Waals surface area contributed by atoms with Crippen molar-refractivity contribution in [3.05, 3.63) is 41.0 Å². The second kappa shape index (κ2) is 4.55. The van der Waals surface area contributed by atoms with Gasteiger partial charge < -0.3 is 10.3 Å². The predicted molar refractivity (Wildman–Crippen MR) is 76.9 cm³/mol. The summed E-state index contributed by atoms with van der Waals surface area (Å²) in [6, 6.07) is 8.33. The van der Waals surface area contributed by atoms with Gasteiger partial charge in [0.15, 0.2) is 0 Å². The summed E-state index contributed by atoms with van der Waals surface area (Å²) in [5.41, 5.74) is 3.48. The summed E-state index contributed by atoms with van der Waals surface area (Å²) in [6.45, 7) is 2.95. The molecule has 3 nitrogen and oxygen atoms in total. The molecule has 3 rings (SSSR count). The van der Waals surface area contributed by atoms with Crippen LogP contribution in [0.1, 0.15) is 10.6 Å². The number of thiazole rings is 1. The Kier molecular flexibility index (Phi) is 2.89. The Hall–Kier alpha value is -1.65. The molecule has 0 bridgehead atoms. The van der Waals surface area contributed by atoms with Crippen molar-refractivity contribution in [2.24, 2.45) is 0 Å². The summed E-state index contributed by atoms with van der Waals surface area (Å²) in [5.74, 6) is 0. The Bertz CT molecular complexity index is 681. The van der Waals surface area contributed by atoms with Crippen LogP contribution < -0.4 is 5.32 Å². The molecular formula is C14H15N3S. The molecule has 0 fully saturated rings. The Morgan fingerprint density at radius 1 is 1.33 bits per heavy atom. The summed E-state index contributed by atoms with van der Waals surface area (Å²) in [7, 11) is 1.96. The molecule has 2 N–H and O–H groups in total. The van der Waals surface area contributed by atoms with Crippen LogP contribution in [0.25, 0.3) is 21.5 Å². The molecule has 0 saturated heterocycles. The van der Waals surface area contributed by atoms with E-state index in [-0.39, 0.29) is 0 Å². The molecule has 4 heteroatoms. The minimum absolute atomic E-state index is 0.881. The number of para-hydroxylation sites is 1. The quantitative estimate of drug-likeness (QED) is 0.755. The molecule has 0 saturated carbocycles. The third kappa shape index (κ3) is 1.83. The number of nitrogens with zero attached hydrogens (tertiary/aromatic N) is 1. The van der Waals surface area contributed by atoms with Gasteiger partial charge in [0, 0.05) is 34.1 Å². The van der Waals surface area contributed by atoms with E-state index in [1.54, 1.807) is 11.3 Å². The van der Waals surface area contributed by atoms with Crippen molar-refractivity contribution in [3.63, 3.8) is 0 Å². The summed E-state index contributed by atoms with van der Waals surface area (Å²) in [6.07, 6.45) is 2.05. The molecule has 0 spiro atoms. The highest BCUT2D eigenvalue weighted by molar-refractivity contribution is 7.15. The first-order valence-electron chi connectivity index (χ1n) is 5.97. The van der Waals surface area contributed by atoms with Crippen LogP contribution in [0.2, 0.25) is 0 Å². The summed E-state index contributed by atoms with van der Waals surface area (Å²) >= 11 is 1.76. The Morgan fingerprint density at radius 2 is 2.17 bits per heavy atom. The molecule has 0 unspecified atom stereocenters. The molecule has 2 heterocycles. The second-order valence-electron chi connectivity index (χ2n) is 4.31. The minimum Gasteiger partial charge on any atom is -0.360 e. The fourth-order valence-corrected chi connectivity index (χ4v) is 3.22. The van der Waals surface area contributed by atoms with Gasteiger partial charge in [-0.3, -0.25) is 0 Å². The van der Waals surface area contributed by atoms with E-state index in [1.165, 1.54) is 15.8 Å². The predicted octanol–water partition coefficient (Wildman–Crippen LogP) is 3.32. The zero-order valence-electron chi connectivity index (χ0n) is 10.4. The van der Waals surface area contributed by atoms with Crippen molar-refractivity contribution in [1.82, 2.24) is 15.3 Å². The molecule has 3 aromatic rings. The van der Waals surface area contributed by atoms with Gasteiger partial charge in [0.05, 0.1) is 5.69 Å². The average molecular weight is 257 g/mol. The maximum absolute atomic E-state index is 4.68. The molecule has 92 valence electrons. The van der Waals surface area contributed by atoms with E-state index in [1.807, 2.05) is 19.3 Å². The number of aryl methyl sites for hydroxylation is 1. The molecular weight excluding hydrogens is 242 g/mol. The van der Waals surface area contributed by atoms with Gasteiger partial charge >= 0.3 is 0 Å². The van der Waals surface area contributed by atoms with Gasteiger partial charge in [-0.25, -0.2) is 4.98 Å². The van der Waals surface area contributed by atoms with Crippen LogP contribution in [0.4, 0.5) is 0 Å². The fourth-order valence-electron chi connectivity index (χ4n) is 2.12. The summed E-state index contributed by atoms with van der Waals surface area (Å²) in [4.78, 5) is 9.28. The zero-order valence-corrected chi connectivity index (χ0v) is 11.3. The second-order valence-corrected chi connectivity index (χ2v) is 5.39. The standard InChI is InChI=1S/C14H15N3S/c1-9-13(8-15-2)18-14(17-9)11-7-16-12-6-4-3-5-10(11)12/h3-7,15-16H,8H2,1-2H3. The lowest BCUT2D eigenvalue weighted by Crippen LogP contribution is -2.04. The molecule has 0 aliphatic rings. The lowest BCUT2D eigenvalue weighted by atomic mass is 10.2. The van der Waals surface area contributed by atoms with Gasteiger partial charge in [-0.05, 0) is 20.0 Å². The van der Waals surface area contributed by atoms with Crippen molar-refractivity contribution in [3.8, 4) is 10.6 Å². The van der Waals surface area contributed by atoms with Crippen LogP contribution in [0.5, 0.6) is 0 Å². The Morgan fingerprint density at radius 3 is 3.00 bits per heavy atom. The van der Waals surface area contributed by atoms with Crippen molar-refractivity contribution >= 4 is 22.2 Å². The molecule has 2 aromatic heterocycles. The largest absolute Gasteiger partial charge is 0.360 e. The third-order valence-corrected chi connectivity index (χ3v) is 4.24. The first-order chi connectivity index (χ1) is 8.79. The smallest absolute Gasteiger partial charge is 0.126 e. The van der Waals surface area contributed by atoms with Crippen molar-refractivity contribution < 1.29 is 0 Å². The Balaban J connectivity index is 2.11. The number of aromatic nitrogens is 2. The number of aromatic amines is 1. The van der Waals surface area contributed by atoms with Gasteiger partial charge in [-0.2, -0.15) is 0 Å². The molecule has 0 radical (unpaired) electrons. The molecule has 0 aliphatic heterocycles. The number of hydrogen-bond acceptors (Lipinski definition) is 3. The van der Waals surface area contributed by atoms with Crippen molar-refractivity contribution in [2.45, 2.75) is 13.5 Å². The number of fused-ring (bicyclic) bond motifs is 1. The van der Waals surface area contributed by atoms with E-state index in [0.717, 1.165) is 22.8 Å². The molecule has 18 heavy (non-hydrogen) atoms. The molecule has 0 atom stereocenters. The number of H-pyrrole nitrogens is 1. The van der Waals surface area contributed by atoms with E-state index in [2.05, 4.69) is 40.4 Å². The fraction of sp³-hybridized carbons (Fsp3) is 0.214. The molecule has 0 aliphatic carbocycles. The van der Waals surface area contributed by atoms with Crippen molar-refractivity contribution in [1.29, 1.82) is 0 Å². The molecule has 1 aromatic carbocycles. The van der Waals surface area contributed by atoms with Crippen LogP contribution in [0.3, 0.4) is 0 Å². The van der Waals surface area contributed by atoms with E-state index in [9.17, 15) is 0 Å². The maximum atomic E-state index is 4.68. The Labute approximate surface area is 110 Å². The first kappa shape index (κ1) is 11.4. The van der Waals surface area contributed by atoms with Gasteiger partial charge in [-0.15, -0.1) is 11.3 Å². The number of hydrogen-bond donors (Lipinski definition) is 2. The van der Waals surface area contributed by atoms with E-state index in [4.69, 9.17) is 0 Å². The van der Waals surface area contributed by atoms with Crippen molar-refractivity contribution in [2.75, 3.05) is 7.05 Å². The minimum atomic E-state index is 0.881. The lowest BCUT2D eigenvalue weighted by Gasteiger charge is -1.94. The first-order valence-corrected chi connectivity index (χ1v) is 6.78. The van der Waals surface area contributed by atoms with E-state index < -0.39 is 0 Å². The molecule has 0 amide bonds. The number of rotatable bonds is 3. The zero-order chi connectivity index (χ0) is 12.5. The van der Waals surface area contributed by atoms with Gasteiger partial charge in [0.1, 0.15) is 5.01 Å². The van der Waals surface area contributed by atoms with Crippen LogP contribution in [0, 0.1) is 6.92 Å². The summed E-state index contributed by atoms with van der Waals surface area (Å²) < 4.78 is 0. The normalized spacial score (nSPS) is 11.2. The third-order valence-electron chi connectivity index (χ3n) is 3.05. The van der Waals surface area contributed by atoms with Crippen LogP contribution in [-0.4, -0.2) is 17.0 Å². The highest BCUT2D eigenvalue weighted by atomic mass is 32.1. The SMILES string of the molecule is CNCc1sc(-c2c[nH]c3ccccc23)nc1C. The lowest BCUT2D eigenvalue weighted by molar-refractivity contribution is 0.823. The summed E-state index contributed by atoms with van der Waals surface area (Å²) in [5, 5.41) is 5.51.